The lowest BCUT2D eigenvalue weighted by atomic mass is 10.0. The summed E-state index contributed by atoms with van der Waals surface area (Å²) in [5.41, 5.74) is 3.52. The van der Waals surface area contributed by atoms with Crippen LogP contribution < -0.4 is 15.4 Å². The molecule has 1 saturated heterocycles. The second-order valence-corrected chi connectivity index (χ2v) is 15.0. The molecule has 3 heterocycles. The van der Waals surface area contributed by atoms with Crippen LogP contribution in [0.1, 0.15) is 58.1 Å². The molecular weight excluding hydrogens is 616 g/mol. The zero-order chi connectivity index (χ0) is 32.3. The highest BCUT2D eigenvalue weighted by Crippen LogP contribution is 2.38. The Morgan fingerprint density at radius 3 is 2.42 bits per heavy atom. The van der Waals surface area contributed by atoms with Crippen molar-refractivity contribution in [3.8, 4) is 5.75 Å². The first-order chi connectivity index (χ1) is 21.4. The van der Waals surface area contributed by atoms with Gasteiger partial charge < -0.3 is 25.4 Å². The number of sulfone groups is 1. The van der Waals surface area contributed by atoms with E-state index in [2.05, 4.69) is 42.5 Å². The molecule has 0 spiro atoms. The molecule has 2 aliphatic rings. The lowest BCUT2D eigenvalue weighted by Crippen LogP contribution is -2.43. The molecule has 13 heteroatoms. The van der Waals surface area contributed by atoms with Crippen molar-refractivity contribution in [2.45, 2.75) is 82.3 Å². The van der Waals surface area contributed by atoms with E-state index >= 15 is 0 Å². The molecule has 45 heavy (non-hydrogen) atoms. The van der Waals surface area contributed by atoms with E-state index in [9.17, 15) is 13.2 Å². The summed E-state index contributed by atoms with van der Waals surface area (Å²) in [7, 11) is -3.55. The number of fused-ring (bicyclic) bond motifs is 1. The lowest BCUT2D eigenvalue weighted by molar-refractivity contribution is -0.137. The van der Waals surface area contributed by atoms with Gasteiger partial charge >= 0.3 is 5.97 Å². The molecule has 0 unspecified atom stereocenters. The van der Waals surface area contributed by atoms with Crippen molar-refractivity contribution in [3.63, 3.8) is 0 Å². The van der Waals surface area contributed by atoms with Gasteiger partial charge in [-0.05, 0) is 89.0 Å². The van der Waals surface area contributed by atoms with Crippen molar-refractivity contribution in [1.29, 1.82) is 0 Å². The quantitative estimate of drug-likeness (QED) is 0.217. The fraction of sp³-hybridized carbons (Fsp3) is 0.469. The Morgan fingerprint density at radius 1 is 1.07 bits per heavy atom. The van der Waals surface area contributed by atoms with Crippen molar-refractivity contribution >= 4 is 50.5 Å². The predicted molar refractivity (Wildman–Crippen MR) is 176 cm³/mol. The van der Waals surface area contributed by atoms with Gasteiger partial charge in [-0.2, -0.15) is 4.98 Å². The SMILES string of the molecule is CC(C)Oc1cc2c(cc1Nc1ncc(Cl)c(Nc3ccccc3S(=O)(=O)C(C)C)n1)CN(C1CCN(CCC(=O)O)CC1)C2. The molecule has 11 nitrogen and oxygen atoms in total. The zero-order valence-corrected chi connectivity index (χ0v) is 27.7. The van der Waals surface area contributed by atoms with Gasteiger partial charge in [-0.15, -0.1) is 0 Å². The maximum Gasteiger partial charge on any atom is 0.304 e. The van der Waals surface area contributed by atoms with E-state index in [-0.39, 0.29) is 34.2 Å². The highest BCUT2D eigenvalue weighted by molar-refractivity contribution is 7.92. The highest BCUT2D eigenvalue weighted by Gasteiger charge is 2.30. The van der Waals surface area contributed by atoms with Crippen molar-refractivity contribution < 1.29 is 23.1 Å². The summed E-state index contributed by atoms with van der Waals surface area (Å²) in [4.78, 5) is 24.9. The topological polar surface area (TPSA) is 137 Å². The van der Waals surface area contributed by atoms with Gasteiger partial charge in [-0.1, -0.05) is 23.7 Å². The average molecular weight is 657 g/mol. The number of ether oxygens (including phenoxy) is 1. The van der Waals surface area contributed by atoms with E-state index in [1.807, 2.05) is 13.8 Å². The van der Waals surface area contributed by atoms with E-state index in [1.165, 1.54) is 17.3 Å². The fourth-order valence-electron chi connectivity index (χ4n) is 5.76. The molecule has 0 bridgehead atoms. The number of piperidine rings is 1. The number of carboxylic acids is 1. The van der Waals surface area contributed by atoms with Gasteiger partial charge in [0, 0.05) is 25.7 Å². The number of benzene rings is 2. The molecule has 2 aromatic carbocycles. The number of hydrogen-bond acceptors (Lipinski definition) is 10. The van der Waals surface area contributed by atoms with Crippen LogP contribution in [0, 0.1) is 0 Å². The van der Waals surface area contributed by atoms with Crippen LogP contribution in [-0.4, -0.2) is 76.3 Å². The van der Waals surface area contributed by atoms with Crippen LogP contribution in [0.3, 0.4) is 0 Å². The number of nitrogens with zero attached hydrogens (tertiary/aromatic N) is 4. The molecule has 242 valence electrons. The Bertz CT molecular complexity index is 1640. The normalized spacial score (nSPS) is 16.2. The number of aliphatic carboxylic acids is 1. The Labute approximate surface area is 269 Å². The standard InChI is InChI=1S/C32H41ClN6O5S/c1-20(2)44-28-16-23-19-39(24-9-12-38(13-10-24)14-11-30(40)41)18-22(23)15-27(28)36-32-34-17-25(33)31(37-32)35-26-7-5-6-8-29(26)45(42,43)21(3)4/h5-8,15-17,20-21,24H,9-14,18-19H2,1-4H3,(H,40,41)(H2,34,35,36,37). The van der Waals surface area contributed by atoms with Gasteiger partial charge in [0.1, 0.15) is 10.8 Å². The largest absolute Gasteiger partial charge is 0.489 e. The summed E-state index contributed by atoms with van der Waals surface area (Å²) in [6, 6.07) is 11.3. The second-order valence-electron chi connectivity index (χ2n) is 12.1. The molecule has 3 aromatic rings. The van der Waals surface area contributed by atoms with Crippen LogP contribution in [0.5, 0.6) is 5.75 Å². The fourth-order valence-corrected chi connectivity index (χ4v) is 7.10. The minimum absolute atomic E-state index is 0.0565. The Morgan fingerprint density at radius 2 is 1.76 bits per heavy atom. The van der Waals surface area contributed by atoms with Crippen molar-refractivity contribution in [2.75, 3.05) is 30.3 Å². The number of rotatable bonds is 12. The van der Waals surface area contributed by atoms with Crippen LogP contribution in [-0.2, 0) is 27.7 Å². The summed E-state index contributed by atoms with van der Waals surface area (Å²) < 4.78 is 32.2. The van der Waals surface area contributed by atoms with Gasteiger partial charge in [0.2, 0.25) is 5.95 Å². The van der Waals surface area contributed by atoms with Crippen molar-refractivity contribution in [3.05, 3.63) is 58.7 Å². The van der Waals surface area contributed by atoms with E-state index in [1.54, 1.807) is 38.1 Å². The van der Waals surface area contributed by atoms with Gasteiger partial charge in [0.05, 0.1) is 40.2 Å². The minimum atomic E-state index is -3.55. The molecule has 5 rings (SSSR count). The summed E-state index contributed by atoms with van der Waals surface area (Å²) in [6.45, 7) is 11.3. The van der Waals surface area contributed by atoms with Crippen LogP contribution in [0.15, 0.2) is 47.5 Å². The number of hydrogen-bond donors (Lipinski definition) is 3. The Hall–Kier alpha value is -3.45. The Kier molecular flexibility index (Phi) is 10.2. The third kappa shape index (κ3) is 7.86. The molecule has 1 aromatic heterocycles. The van der Waals surface area contributed by atoms with E-state index in [4.69, 9.17) is 21.4 Å². The van der Waals surface area contributed by atoms with Gasteiger partial charge in [0.25, 0.3) is 0 Å². The molecule has 0 radical (unpaired) electrons. The number of halogens is 1. The first-order valence-corrected chi connectivity index (χ1v) is 17.2. The molecule has 0 amide bonds. The molecule has 0 aliphatic carbocycles. The van der Waals surface area contributed by atoms with Crippen LogP contribution in [0.2, 0.25) is 5.02 Å². The number of para-hydroxylation sites is 1. The third-order valence-corrected chi connectivity index (χ3v) is 10.7. The van der Waals surface area contributed by atoms with Crippen LogP contribution in [0.4, 0.5) is 23.1 Å². The van der Waals surface area contributed by atoms with E-state index in [0.29, 0.717) is 24.0 Å². The van der Waals surface area contributed by atoms with Crippen molar-refractivity contribution in [1.82, 2.24) is 19.8 Å². The number of anilines is 4. The number of aromatic nitrogens is 2. The van der Waals surface area contributed by atoms with Gasteiger partial charge in [-0.25, -0.2) is 13.4 Å². The summed E-state index contributed by atoms with van der Waals surface area (Å²) in [5, 5.41) is 15.1. The van der Waals surface area contributed by atoms with E-state index in [0.717, 1.165) is 44.7 Å². The Balaban J connectivity index is 1.34. The molecular formula is C32H41ClN6O5S. The first-order valence-electron chi connectivity index (χ1n) is 15.3. The number of nitrogens with one attached hydrogen (secondary N) is 2. The summed E-state index contributed by atoms with van der Waals surface area (Å²) in [6.07, 6.45) is 3.60. The zero-order valence-electron chi connectivity index (χ0n) is 26.1. The molecule has 0 atom stereocenters. The molecule has 3 N–H and O–H groups in total. The molecule has 1 fully saturated rings. The maximum absolute atomic E-state index is 13.0. The highest BCUT2D eigenvalue weighted by atomic mass is 35.5. The van der Waals surface area contributed by atoms with Gasteiger partial charge in [-0.3, -0.25) is 9.69 Å². The molecule has 0 saturated carbocycles. The van der Waals surface area contributed by atoms with E-state index < -0.39 is 21.1 Å². The maximum atomic E-state index is 13.0. The minimum Gasteiger partial charge on any atom is -0.489 e. The molecule has 2 aliphatic heterocycles. The summed E-state index contributed by atoms with van der Waals surface area (Å²) >= 11 is 6.46. The smallest absolute Gasteiger partial charge is 0.304 e. The third-order valence-electron chi connectivity index (χ3n) is 8.18. The number of carbonyl (C=O) groups is 1. The van der Waals surface area contributed by atoms with Crippen molar-refractivity contribution in [2.24, 2.45) is 0 Å². The first kappa shape index (κ1) is 32.9. The van der Waals surface area contributed by atoms with Gasteiger partial charge in [0.15, 0.2) is 15.7 Å². The number of likely N-dealkylation sites (tertiary alicyclic amines) is 1. The average Bonchev–Trinajstić information content (AvgIpc) is 3.40. The van der Waals surface area contributed by atoms with Crippen LogP contribution in [0.25, 0.3) is 0 Å². The summed E-state index contributed by atoms with van der Waals surface area (Å²) in [5.74, 6) is 0.488. The predicted octanol–water partition coefficient (Wildman–Crippen LogP) is 5.84. The monoisotopic (exact) mass is 656 g/mol. The van der Waals surface area contributed by atoms with Crippen LogP contribution >= 0.6 is 11.6 Å². The lowest BCUT2D eigenvalue weighted by Gasteiger charge is -2.36. The second kappa shape index (κ2) is 13.9. The number of carboxylic acid groups (broad SMARTS) is 1.